The van der Waals surface area contributed by atoms with Gasteiger partial charge in [0, 0.05) is 19.0 Å². The monoisotopic (exact) mass is 208 g/mol. The Kier molecular flexibility index (Phi) is 2.44. The number of rotatable bonds is 4. The number of hydrogen-bond donors (Lipinski definition) is 1. The van der Waals surface area contributed by atoms with Gasteiger partial charge in [0.15, 0.2) is 0 Å². The summed E-state index contributed by atoms with van der Waals surface area (Å²) in [5.41, 5.74) is 0.586. The van der Waals surface area contributed by atoms with Crippen molar-refractivity contribution in [3.8, 4) is 0 Å². The predicted molar refractivity (Wildman–Crippen MR) is 47.2 cm³/mol. The second-order valence-corrected chi connectivity index (χ2v) is 2.90. The summed E-state index contributed by atoms with van der Waals surface area (Å²) < 4.78 is 6.24. The van der Waals surface area contributed by atoms with Gasteiger partial charge in [-0.1, -0.05) is 5.16 Å². The largest absolute Gasteiger partial charge is 0.475 e. The highest BCUT2D eigenvalue weighted by atomic mass is 16.5. The number of nitrogens with zero attached hydrogens (tertiary/aromatic N) is 4. The highest BCUT2D eigenvalue weighted by Crippen LogP contribution is 2.04. The van der Waals surface area contributed by atoms with Crippen LogP contribution in [0.25, 0.3) is 0 Å². The van der Waals surface area contributed by atoms with Gasteiger partial charge in [-0.15, -0.1) is 0 Å². The molecule has 0 aliphatic heterocycles. The van der Waals surface area contributed by atoms with Gasteiger partial charge in [0.2, 0.25) is 5.76 Å². The van der Waals surface area contributed by atoms with E-state index in [2.05, 4.69) is 19.8 Å². The first kappa shape index (κ1) is 9.38. The van der Waals surface area contributed by atoms with Crippen LogP contribution in [0.4, 0.5) is 0 Å². The first-order chi connectivity index (χ1) is 7.25. The maximum Gasteiger partial charge on any atom is 0.374 e. The second-order valence-electron chi connectivity index (χ2n) is 2.90. The standard InChI is InChI=1S/C8H8N4O3/c13-8(14)7-3-6(11-15-7)1-2-12-5-9-4-10-12/h3-5H,1-2H2,(H,13,14). The van der Waals surface area contributed by atoms with Crippen molar-refractivity contribution in [2.75, 3.05) is 0 Å². The maximum atomic E-state index is 10.5. The van der Waals surface area contributed by atoms with Gasteiger partial charge in [-0.2, -0.15) is 5.10 Å². The van der Waals surface area contributed by atoms with E-state index in [1.807, 2.05) is 0 Å². The van der Waals surface area contributed by atoms with Crippen molar-refractivity contribution >= 4 is 5.97 Å². The molecule has 0 bridgehead atoms. The zero-order chi connectivity index (χ0) is 10.7. The van der Waals surface area contributed by atoms with Gasteiger partial charge in [-0.25, -0.2) is 9.78 Å². The lowest BCUT2D eigenvalue weighted by molar-refractivity contribution is 0.0652. The van der Waals surface area contributed by atoms with Gasteiger partial charge in [-0.3, -0.25) is 4.68 Å². The van der Waals surface area contributed by atoms with Gasteiger partial charge < -0.3 is 9.63 Å². The quantitative estimate of drug-likeness (QED) is 0.771. The average molecular weight is 208 g/mol. The molecule has 0 aromatic carbocycles. The molecule has 0 aliphatic carbocycles. The summed E-state index contributed by atoms with van der Waals surface area (Å²) in [5, 5.41) is 16.1. The lowest BCUT2D eigenvalue weighted by atomic mass is 10.3. The molecule has 0 amide bonds. The Balaban J connectivity index is 1.96. The van der Waals surface area contributed by atoms with Crippen molar-refractivity contribution in [2.45, 2.75) is 13.0 Å². The number of carbonyl (C=O) groups is 1. The van der Waals surface area contributed by atoms with Crippen LogP contribution in [0.3, 0.4) is 0 Å². The number of hydrogen-bond acceptors (Lipinski definition) is 5. The molecule has 0 spiro atoms. The fourth-order valence-electron chi connectivity index (χ4n) is 1.11. The van der Waals surface area contributed by atoms with E-state index in [1.165, 1.54) is 12.4 Å². The van der Waals surface area contributed by atoms with Crippen molar-refractivity contribution in [3.63, 3.8) is 0 Å². The SMILES string of the molecule is O=C(O)c1cc(CCn2cncn2)no1. The second kappa shape index (κ2) is 3.91. The van der Waals surface area contributed by atoms with Crippen LogP contribution in [0, 0.1) is 0 Å². The minimum atomic E-state index is -1.12. The van der Waals surface area contributed by atoms with Crippen molar-refractivity contribution in [1.82, 2.24) is 19.9 Å². The number of carboxylic acids is 1. The molecule has 7 nitrogen and oxygen atoms in total. The van der Waals surface area contributed by atoms with Crippen LogP contribution in [0.15, 0.2) is 23.2 Å². The van der Waals surface area contributed by atoms with Gasteiger partial charge in [0.1, 0.15) is 12.7 Å². The number of carboxylic acid groups (broad SMARTS) is 1. The number of aromatic nitrogens is 4. The summed E-state index contributed by atoms with van der Waals surface area (Å²) in [5.74, 6) is -1.27. The Morgan fingerprint density at radius 3 is 3.07 bits per heavy atom. The van der Waals surface area contributed by atoms with Crippen LogP contribution in [-0.4, -0.2) is 31.0 Å². The third-order valence-electron chi connectivity index (χ3n) is 1.83. The van der Waals surface area contributed by atoms with E-state index in [4.69, 9.17) is 5.11 Å². The summed E-state index contributed by atoms with van der Waals surface area (Å²) in [7, 11) is 0. The zero-order valence-corrected chi connectivity index (χ0v) is 7.70. The topological polar surface area (TPSA) is 94.0 Å². The lowest BCUT2D eigenvalue weighted by Gasteiger charge is -1.95. The minimum Gasteiger partial charge on any atom is -0.475 e. The fraction of sp³-hybridized carbons (Fsp3) is 0.250. The number of aryl methyl sites for hydroxylation is 2. The molecule has 78 valence electrons. The van der Waals surface area contributed by atoms with E-state index in [1.54, 1.807) is 11.0 Å². The third-order valence-corrected chi connectivity index (χ3v) is 1.83. The maximum absolute atomic E-state index is 10.5. The molecule has 0 aliphatic rings. The van der Waals surface area contributed by atoms with E-state index in [9.17, 15) is 4.79 Å². The highest BCUT2D eigenvalue weighted by Gasteiger charge is 2.10. The summed E-state index contributed by atoms with van der Waals surface area (Å²) in [6.45, 7) is 0.589. The molecular weight excluding hydrogens is 200 g/mol. The predicted octanol–water partition coefficient (Wildman–Crippen LogP) is 0.207. The van der Waals surface area contributed by atoms with Crippen LogP contribution in [0.5, 0.6) is 0 Å². The Morgan fingerprint density at radius 2 is 2.47 bits per heavy atom. The van der Waals surface area contributed by atoms with Gasteiger partial charge in [0.05, 0.1) is 5.69 Å². The Labute approximate surface area is 84.3 Å². The van der Waals surface area contributed by atoms with Crippen LogP contribution >= 0.6 is 0 Å². The van der Waals surface area contributed by atoms with Crippen LogP contribution in [0.2, 0.25) is 0 Å². The molecule has 0 atom stereocenters. The molecule has 2 aromatic heterocycles. The minimum absolute atomic E-state index is 0.149. The normalized spacial score (nSPS) is 10.4. The molecule has 15 heavy (non-hydrogen) atoms. The van der Waals surface area contributed by atoms with E-state index in [-0.39, 0.29) is 5.76 Å². The Morgan fingerprint density at radius 1 is 1.60 bits per heavy atom. The van der Waals surface area contributed by atoms with E-state index in [0.29, 0.717) is 18.7 Å². The van der Waals surface area contributed by atoms with Crippen molar-refractivity contribution < 1.29 is 14.4 Å². The van der Waals surface area contributed by atoms with Crippen LogP contribution in [-0.2, 0) is 13.0 Å². The van der Waals surface area contributed by atoms with Crippen molar-refractivity contribution in [2.24, 2.45) is 0 Å². The molecule has 0 radical (unpaired) electrons. The van der Waals surface area contributed by atoms with E-state index < -0.39 is 5.97 Å². The van der Waals surface area contributed by atoms with E-state index in [0.717, 1.165) is 0 Å². The zero-order valence-electron chi connectivity index (χ0n) is 7.70. The molecule has 0 saturated carbocycles. The summed E-state index contributed by atoms with van der Waals surface area (Å²) >= 11 is 0. The van der Waals surface area contributed by atoms with Crippen molar-refractivity contribution in [1.29, 1.82) is 0 Å². The molecule has 1 N–H and O–H groups in total. The van der Waals surface area contributed by atoms with Crippen LogP contribution in [0.1, 0.15) is 16.2 Å². The first-order valence-electron chi connectivity index (χ1n) is 4.27. The molecule has 0 unspecified atom stereocenters. The molecular formula is C8H8N4O3. The summed E-state index contributed by atoms with van der Waals surface area (Å²) in [6.07, 6.45) is 3.57. The molecule has 2 heterocycles. The van der Waals surface area contributed by atoms with Crippen LogP contribution < -0.4 is 0 Å². The smallest absolute Gasteiger partial charge is 0.374 e. The van der Waals surface area contributed by atoms with Gasteiger partial charge in [0.25, 0.3) is 0 Å². The molecule has 2 rings (SSSR count). The third kappa shape index (κ3) is 2.19. The molecule has 2 aromatic rings. The average Bonchev–Trinajstić information content (AvgIpc) is 2.86. The van der Waals surface area contributed by atoms with Gasteiger partial charge >= 0.3 is 5.97 Å². The summed E-state index contributed by atoms with van der Waals surface area (Å²) in [4.78, 5) is 14.3. The molecule has 0 saturated heterocycles. The van der Waals surface area contributed by atoms with E-state index >= 15 is 0 Å². The lowest BCUT2D eigenvalue weighted by Crippen LogP contribution is -2.01. The van der Waals surface area contributed by atoms with Crippen molar-refractivity contribution in [3.05, 3.63) is 30.2 Å². The Hall–Kier alpha value is -2.18. The fourth-order valence-corrected chi connectivity index (χ4v) is 1.11. The van der Waals surface area contributed by atoms with Gasteiger partial charge in [-0.05, 0) is 0 Å². The first-order valence-corrected chi connectivity index (χ1v) is 4.27. The molecule has 0 fully saturated rings. The number of aromatic carboxylic acids is 1. The molecule has 7 heteroatoms. The highest BCUT2D eigenvalue weighted by molar-refractivity contribution is 5.84. The Bertz CT molecular complexity index is 448. The summed E-state index contributed by atoms with van der Waals surface area (Å²) in [6, 6.07) is 1.40.